The monoisotopic (exact) mass is 401 g/mol. The van der Waals surface area contributed by atoms with Gasteiger partial charge in [-0.3, -0.25) is 9.59 Å². The van der Waals surface area contributed by atoms with Gasteiger partial charge >= 0.3 is 0 Å². The summed E-state index contributed by atoms with van der Waals surface area (Å²) >= 11 is 0. The summed E-state index contributed by atoms with van der Waals surface area (Å²) in [5.74, 6) is -0.595. The van der Waals surface area contributed by atoms with Crippen molar-refractivity contribution < 1.29 is 18.0 Å². The molecule has 0 saturated carbocycles. The van der Waals surface area contributed by atoms with E-state index in [1.165, 1.54) is 11.2 Å². The van der Waals surface area contributed by atoms with Crippen LogP contribution in [0.1, 0.15) is 25.3 Å². The van der Waals surface area contributed by atoms with E-state index in [2.05, 4.69) is 10.6 Å². The van der Waals surface area contributed by atoms with Crippen LogP contribution >= 0.6 is 0 Å². The molecule has 0 aliphatic carbocycles. The van der Waals surface area contributed by atoms with Crippen LogP contribution in [0, 0.1) is 6.92 Å². The average molecular weight is 401 g/mol. The second-order valence-corrected chi connectivity index (χ2v) is 8.73. The van der Waals surface area contributed by atoms with Crippen molar-refractivity contribution in [2.24, 2.45) is 0 Å². The minimum atomic E-state index is -3.75. The summed E-state index contributed by atoms with van der Waals surface area (Å²) in [6, 6.07) is 12.6. The van der Waals surface area contributed by atoms with Gasteiger partial charge in [-0.05, 0) is 50.1 Å². The molecule has 1 unspecified atom stereocenters. The molecule has 2 amide bonds. The maximum absolute atomic E-state index is 13.0. The van der Waals surface area contributed by atoms with Crippen LogP contribution in [0.2, 0.25) is 0 Å². The first kappa shape index (κ1) is 20.0. The molecule has 0 radical (unpaired) electrons. The number of nitrogens with zero attached hydrogens (tertiary/aromatic N) is 1. The summed E-state index contributed by atoms with van der Waals surface area (Å²) in [5.41, 5.74) is 2.02. The van der Waals surface area contributed by atoms with Crippen molar-refractivity contribution in [3.05, 3.63) is 54.1 Å². The van der Waals surface area contributed by atoms with Gasteiger partial charge in [0.2, 0.25) is 21.8 Å². The third kappa shape index (κ3) is 4.40. The highest BCUT2D eigenvalue weighted by molar-refractivity contribution is 7.89. The van der Waals surface area contributed by atoms with Crippen molar-refractivity contribution in [2.75, 3.05) is 17.2 Å². The quantitative estimate of drug-likeness (QED) is 0.805. The van der Waals surface area contributed by atoms with Gasteiger partial charge in [0.05, 0.1) is 4.90 Å². The van der Waals surface area contributed by atoms with Gasteiger partial charge in [0.15, 0.2) is 0 Å². The second kappa shape index (κ2) is 8.12. The SMILES string of the molecule is CC(=O)Nc1cccc(NC(=O)C2CCCN2S(=O)(=O)c2ccc(C)cc2)c1. The van der Waals surface area contributed by atoms with Crippen molar-refractivity contribution in [1.29, 1.82) is 0 Å². The number of benzene rings is 2. The highest BCUT2D eigenvalue weighted by Gasteiger charge is 2.39. The van der Waals surface area contributed by atoms with Gasteiger partial charge in [0, 0.05) is 24.8 Å². The van der Waals surface area contributed by atoms with E-state index < -0.39 is 16.1 Å². The molecular formula is C20H23N3O4S. The summed E-state index contributed by atoms with van der Waals surface area (Å²) < 4.78 is 27.2. The van der Waals surface area contributed by atoms with Crippen molar-refractivity contribution in [3.8, 4) is 0 Å². The number of nitrogens with one attached hydrogen (secondary N) is 2. The van der Waals surface area contributed by atoms with Crippen LogP contribution in [0.25, 0.3) is 0 Å². The largest absolute Gasteiger partial charge is 0.326 e. The molecule has 0 bridgehead atoms. The lowest BCUT2D eigenvalue weighted by atomic mass is 10.2. The molecule has 2 aromatic carbocycles. The van der Waals surface area contributed by atoms with Crippen LogP contribution in [0.4, 0.5) is 11.4 Å². The van der Waals surface area contributed by atoms with Gasteiger partial charge in [-0.15, -0.1) is 0 Å². The van der Waals surface area contributed by atoms with E-state index in [1.807, 2.05) is 6.92 Å². The number of aryl methyl sites for hydroxylation is 1. The lowest BCUT2D eigenvalue weighted by molar-refractivity contribution is -0.119. The second-order valence-electron chi connectivity index (χ2n) is 6.84. The molecule has 3 rings (SSSR count). The Morgan fingerprint density at radius 1 is 1.04 bits per heavy atom. The lowest BCUT2D eigenvalue weighted by Crippen LogP contribution is -2.43. The molecule has 2 N–H and O–H groups in total. The summed E-state index contributed by atoms with van der Waals surface area (Å²) in [6.07, 6.45) is 1.08. The zero-order valence-corrected chi connectivity index (χ0v) is 16.6. The van der Waals surface area contributed by atoms with Crippen molar-refractivity contribution in [3.63, 3.8) is 0 Å². The Kier molecular flexibility index (Phi) is 5.81. The van der Waals surface area contributed by atoms with Gasteiger partial charge in [0.25, 0.3) is 0 Å². The Morgan fingerprint density at radius 2 is 1.68 bits per heavy atom. The smallest absolute Gasteiger partial charge is 0.243 e. The lowest BCUT2D eigenvalue weighted by Gasteiger charge is -2.23. The zero-order chi connectivity index (χ0) is 20.3. The van der Waals surface area contributed by atoms with Crippen LogP contribution in [-0.2, 0) is 19.6 Å². The van der Waals surface area contributed by atoms with E-state index in [1.54, 1.807) is 48.5 Å². The molecule has 1 atom stereocenters. The fraction of sp³-hybridized carbons (Fsp3) is 0.300. The highest BCUT2D eigenvalue weighted by atomic mass is 32.2. The van der Waals surface area contributed by atoms with E-state index in [9.17, 15) is 18.0 Å². The van der Waals surface area contributed by atoms with Crippen LogP contribution in [0.15, 0.2) is 53.4 Å². The molecule has 1 fully saturated rings. The third-order valence-electron chi connectivity index (χ3n) is 4.58. The Bertz CT molecular complexity index is 987. The summed E-state index contributed by atoms with van der Waals surface area (Å²) in [6.45, 7) is 3.59. The van der Waals surface area contributed by atoms with Crippen molar-refractivity contribution in [2.45, 2.75) is 37.6 Å². The number of rotatable bonds is 5. The third-order valence-corrected chi connectivity index (χ3v) is 6.51. The Hall–Kier alpha value is -2.71. The van der Waals surface area contributed by atoms with Crippen molar-refractivity contribution >= 4 is 33.2 Å². The number of anilines is 2. The standard InChI is InChI=1S/C20H23N3O4S/c1-14-8-10-18(11-9-14)28(26,27)23-12-4-7-19(23)20(25)22-17-6-3-5-16(13-17)21-15(2)24/h3,5-6,8-11,13,19H,4,7,12H2,1-2H3,(H,21,24)(H,22,25). The first-order chi connectivity index (χ1) is 13.3. The zero-order valence-electron chi connectivity index (χ0n) is 15.8. The fourth-order valence-electron chi connectivity index (χ4n) is 3.24. The predicted octanol–water partition coefficient (Wildman–Crippen LogP) is 2.75. The summed E-state index contributed by atoms with van der Waals surface area (Å²) in [7, 11) is -3.75. The van der Waals surface area contributed by atoms with Crippen LogP contribution < -0.4 is 10.6 Å². The van der Waals surface area contributed by atoms with E-state index in [-0.39, 0.29) is 16.7 Å². The number of carbonyl (C=O) groups excluding carboxylic acids is 2. The van der Waals surface area contributed by atoms with E-state index in [0.29, 0.717) is 30.8 Å². The number of hydrogen-bond acceptors (Lipinski definition) is 4. The molecule has 148 valence electrons. The van der Waals surface area contributed by atoms with E-state index in [0.717, 1.165) is 5.56 Å². The number of sulfonamides is 1. The molecule has 28 heavy (non-hydrogen) atoms. The first-order valence-corrected chi connectivity index (χ1v) is 10.5. The summed E-state index contributed by atoms with van der Waals surface area (Å²) in [4.78, 5) is 24.2. The van der Waals surface area contributed by atoms with Crippen LogP contribution in [-0.4, -0.2) is 37.1 Å². The Morgan fingerprint density at radius 3 is 2.32 bits per heavy atom. The van der Waals surface area contributed by atoms with Gasteiger partial charge in [0.1, 0.15) is 6.04 Å². The first-order valence-electron chi connectivity index (χ1n) is 9.04. The molecule has 1 heterocycles. The minimum Gasteiger partial charge on any atom is -0.326 e. The summed E-state index contributed by atoms with van der Waals surface area (Å²) in [5, 5.41) is 5.41. The maximum atomic E-state index is 13.0. The van der Waals surface area contributed by atoms with Crippen LogP contribution in [0.5, 0.6) is 0 Å². The predicted molar refractivity (Wildman–Crippen MR) is 107 cm³/mol. The molecule has 7 nitrogen and oxygen atoms in total. The minimum absolute atomic E-state index is 0.186. The number of amides is 2. The molecule has 0 spiro atoms. The normalized spacial score (nSPS) is 17.3. The van der Waals surface area contributed by atoms with Gasteiger partial charge in [-0.1, -0.05) is 23.8 Å². The number of hydrogen-bond donors (Lipinski definition) is 2. The highest BCUT2D eigenvalue weighted by Crippen LogP contribution is 2.27. The van der Waals surface area contributed by atoms with Gasteiger partial charge in [-0.2, -0.15) is 4.31 Å². The van der Waals surface area contributed by atoms with Crippen molar-refractivity contribution in [1.82, 2.24) is 4.31 Å². The Labute approximate surface area is 164 Å². The molecule has 8 heteroatoms. The van der Waals surface area contributed by atoms with Gasteiger partial charge < -0.3 is 10.6 Å². The molecule has 1 aliphatic heterocycles. The fourth-order valence-corrected chi connectivity index (χ4v) is 4.90. The molecule has 1 aliphatic rings. The molecule has 1 saturated heterocycles. The molecule has 0 aromatic heterocycles. The Balaban J connectivity index is 1.78. The van der Waals surface area contributed by atoms with E-state index in [4.69, 9.17) is 0 Å². The number of carbonyl (C=O) groups is 2. The van der Waals surface area contributed by atoms with Gasteiger partial charge in [-0.25, -0.2) is 8.42 Å². The van der Waals surface area contributed by atoms with E-state index >= 15 is 0 Å². The molecular weight excluding hydrogens is 378 g/mol. The topological polar surface area (TPSA) is 95.6 Å². The average Bonchev–Trinajstić information content (AvgIpc) is 3.12. The maximum Gasteiger partial charge on any atom is 0.243 e. The molecule has 2 aromatic rings. The van der Waals surface area contributed by atoms with Crippen LogP contribution in [0.3, 0.4) is 0 Å².